The number of hydrogen-bond acceptors (Lipinski definition) is 4. The summed E-state index contributed by atoms with van der Waals surface area (Å²) in [6.45, 7) is 1.76. The van der Waals surface area contributed by atoms with Crippen LogP contribution >= 0.6 is 0 Å². The fourth-order valence-electron chi connectivity index (χ4n) is 2.01. The first-order chi connectivity index (χ1) is 8.48. The normalized spacial score (nSPS) is 29.8. The number of carbonyl (C=O) groups excluding carboxylic acids is 2. The molecule has 1 aliphatic rings. The van der Waals surface area contributed by atoms with Crippen LogP contribution in [0.25, 0.3) is 0 Å². The van der Waals surface area contributed by atoms with Crippen LogP contribution in [-0.4, -0.2) is 36.7 Å². The number of amides is 1. The van der Waals surface area contributed by atoms with Crippen LogP contribution in [0, 0.1) is 5.41 Å². The first-order valence-corrected chi connectivity index (χ1v) is 6.18. The van der Waals surface area contributed by atoms with Gasteiger partial charge in [-0.05, 0) is 25.7 Å². The van der Waals surface area contributed by atoms with Gasteiger partial charge in [-0.2, -0.15) is 0 Å². The Balaban J connectivity index is 2.58. The summed E-state index contributed by atoms with van der Waals surface area (Å²) in [6, 6.07) is 0. The van der Waals surface area contributed by atoms with Crippen molar-refractivity contribution < 1.29 is 19.4 Å². The van der Waals surface area contributed by atoms with E-state index < -0.39 is 17.5 Å². The third-order valence-corrected chi connectivity index (χ3v) is 3.38. The van der Waals surface area contributed by atoms with Crippen molar-refractivity contribution in [3.05, 3.63) is 12.2 Å². The zero-order valence-electron chi connectivity index (χ0n) is 10.9. The van der Waals surface area contributed by atoms with Crippen LogP contribution in [0.1, 0.15) is 32.6 Å². The molecule has 0 bridgehead atoms. The van der Waals surface area contributed by atoms with Crippen LogP contribution in [-0.2, 0) is 14.3 Å². The molecule has 0 aliphatic heterocycles. The Labute approximate surface area is 107 Å². The average molecular weight is 255 g/mol. The minimum absolute atomic E-state index is 0.108. The Hall–Kier alpha value is -1.36. The average Bonchev–Trinajstić information content (AvgIpc) is 2.36. The molecule has 0 fully saturated rings. The molecule has 0 aromatic heterocycles. The monoisotopic (exact) mass is 255 g/mol. The predicted octanol–water partition coefficient (Wildman–Crippen LogP) is 0.773. The molecule has 2 N–H and O–H groups in total. The minimum atomic E-state index is -0.542. The van der Waals surface area contributed by atoms with E-state index in [4.69, 9.17) is 0 Å². The quantitative estimate of drug-likeness (QED) is 0.577. The number of carbonyl (C=O) groups is 2. The second-order valence-corrected chi connectivity index (χ2v) is 4.89. The number of aliphatic hydroxyl groups excluding tert-OH is 1. The molecule has 1 amide bonds. The van der Waals surface area contributed by atoms with Gasteiger partial charge in [0.05, 0.1) is 13.2 Å². The van der Waals surface area contributed by atoms with Crippen molar-refractivity contribution in [2.45, 2.75) is 38.7 Å². The van der Waals surface area contributed by atoms with Gasteiger partial charge in [-0.15, -0.1) is 0 Å². The van der Waals surface area contributed by atoms with E-state index >= 15 is 0 Å². The van der Waals surface area contributed by atoms with Crippen molar-refractivity contribution in [1.29, 1.82) is 0 Å². The van der Waals surface area contributed by atoms with Crippen molar-refractivity contribution >= 4 is 11.9 Å². The van der Waals surface area contributed by atoms with Crippen LogP contribution in [0.2, 0.25) is 0 Å². The first-order valence-electron chi connectivity index (χ1n) is 6.18. The molecule has 0 saturated heterocycles. The summed E-state index contributed by atoms with van der Waals surface area (Å²) in [4.78, 5) is 23.1. The highest BCUT2D eigenvalue weighted by molar-refractivity contribution is 5.85. The van der Waals surface area contributed by atoms with Gasteiger partial charge in [-0.25, -0.2) is 0 Å². The Bertz CT molecular complexity index is 340. The molecule has 0 radical (unpaired) electrons. The second kappa shape index (κ2) is 6.54. The smallest absolute Gasteiger partial charge is 0.325 e. The minimum Gasteiger partial charge on any atom is -0.468 e. The van der Waals surface area contributed by atoms with Crippen LogP contribution in [0.15, 0.2) is 12.2 Å². The van der Waals surface area contributed by atoms with Gasteiger partial charge in [-0.3, -0.25) is 9.59 Å². The standard InChI is InChI=1S/C13H21NO4/c1-13(12(17)14-9-11(16)18-2)7-4-3-5-10(15)6-8-13/h3,5,10,15H,4,6-9H2,1-2H3,(H,14,17)/b5-3+/t10?,13-/m1/s1. The lowest BCUT2D eigenvalue weighted by atomic mass is 9.78. The number of hydrogen-bond donors (Lipinski definition) is 2. The molecule has 1 aliphatic carbocycles. The van der Waals surface area contributed by atoms with E-state index in [1.165, 1.54) is 7.11 Å². The Morgan fingerprint density at radius 1 is 1.50 bits per heavy atom. The molecule has 0 aromatic rings. The van der Waals surface area contributed by atoms with Gasteiger partial charge in [0.25, 0.3) is 0 Å². The number of methoxy groups -OCH3 is 1. The molecule has 1 rings (SSSR count). The summed E-state index contributed by atoms with van der Waals surface area (Å²) in [5.74, 6) is -0.617. The number of aliphatic hydroxyl groups is 1. The summed E-state index contributed by atoms with van der Waals surface area (Å²) in [6.07, 6.45) is 5.80. The predicted molar refractivity (Wildman–Crippen MR) is 66.7 cm³/mol. The fourth-order valence-corrected chi connectivity index (χ4v) is 2.01. The topological polar surface area (TPSA) is 75.6 Å². The maximum absolute atomic E-state index is 12.1. The lowest BCUT2D eigenvalue weighted by Crippen LogP contribution is -2.42. The second-order valence-electron chi connectivity index (χ2n) is 4.89. The summed E-state index contributed by atoms with van der Waals surface area (Å²) in [7, 11) is 1.28. The molecule has 102 valence electrons. The highest BCUT2D eigenvalue weighted by Crippen LogP contribution is 2.32. The number of nitrogens with one attached hydrogen (secondary N) is 1. The van der Waals surface area contributed by atoms with Gasteiger partial charge in [0.2, 0.25) is 5.91 Å². The Kier molecular flexibility index (Phi) is 5.34. The van der Waals surface area contributed by atoms with E-state index in [-0.39, 0.29) is 12.5 Å². The third kappa shape index (κ3) is 4.14. The van der Waals surface area contributed by atoms with Crippen LogP contribution < -0.4 is 5.32 Å². The molecular weight excluding hydrogens is 234 g/mol. The van der Waals surface area contributed by atoms with E-state index in [0.717, 1.165) is 6.42 Å². The third-order valence-electron chi connectivity index (χ3n) is 3.38. The molecule has 2 atom stereocenters. The Morgan fingerprint density at radius 2 is 2.22 bits per heavy atom. The van der Waals surface area contributed by atoms with Crippen LogP contribution in [0.5, 0.6) is 0 Å². The summed E-state index contributed by atoms with van der Waals surface area (Å²) in [5, 5.41) is 12.2. The van der Waals surface area contributed by atoms with Gasteiger partial charge in [0, 0.05) is 5.41 Å². The largest absolute Gasteiger partial charge is 0.468 e. The molecule has 0 spiro atoms. The molecule has 18 heavy (non-hydrogen) atoms. The fraction of sp³-hybridized carbons (Fsp3) is 0.692. The van der Waals surface area contributed by atoms with Gasteiger partial charge in [-0.1, -0.05) is 19.1 Å². The molecule has 0 aromatic carbocycles. The van der Waals surface area contributed by atoms with Gasteiger partial charge in [0.1, 0.15) is 6.54 Å². The highest BCUT2D eigenvalue weighted by atomic mass is 16.5. The zero-order chi connectivity index (χ0) is 13.6. The SMILES string of the molecule is COC(=O)CNC(=O)[C@]1(C)CC/C=C/C(O)CC1. The lowest BCUT2D eigenvalue weighted by Gasteiger charge is -2.29. The molecule has 5 nitrogen and oxygen atoms in total. The van der Waals surface area contributed by atoms with Crippen molar-refractivity contribution in [3.8, 4) is 0 Å². The van der Waals surface area contributed by atoms with E-state index in [9.17, 15) is 14.7 Å². The maximum Gasteiger partial charge on any atom is 0.325 e. The van der Waals surface area contributed by atoms with Gasteiger partial charge < -0.3 is 15.2 Å². The highest BCUT2D eigenvalue weighted by Gasteiger charge is 2.33. The van der Waals surface area contributed by atoms with Crippen LogP contribution in [0.3, 0.4) is 0 Å². The first kappa shape index (κ1) is 14.7. The van der Waals surface area contributed by atoms with E-state index in [2.05, 4.69) is 10.1 Å². The summed E-state index contributed by atoms with van der Waals surface area (Å²) >= 11 is 0. The summed E-state index contributed by atoms with van der Waals surface area (Å²) < 4.78 is 4.48. The van der Waals surface area contributed by atoms with Gasteiger partial charge >= 0.3 is 5.97 Å². The molecule has 1 unspecified atom stereocenters. The molecule has 5 heteroatoms. The number of esters is 1. The number of ether oxygens (including phenoxy) is 1. The molecule has 0 heterocycles. The van der Waals surface area contributed by atoms with E-state index in [1.807, 2.05) is 13.0 Å². The lowest BCUT2D eigenvalue weighted by molar-refractivity contribution is -0.142. The summed E-state index contributed by atoms with van der Waals surface area (Å²) in [5.41, 5.74) is -0.542. The Morgan fingerprint density at radius 3 is 2.89 bits per heavy atom. The van der Waals surface area contributed by atoms with Crippen molar-refractivity contribution in [2.24, 2.45) is 5.41 Å². The maximum atomic E-state index is 12.1. The molecule has 0 saturated carbocycles. The van der Waals surface area contributed by atoms with Crippen molar-refractivity contribution in [2.75, 3.05) is 13.7 Å². The van der Waals surface area contributed by atoms with Crippen molar-refractivity contribution in [3.63, 3.8) is 0 Å². The number of rotatable bonds is 3. The van der Waals surface area contributed by atoms with Crippen molar-refractivity contribution in [1.82, 2.24) is 5.32 Å². The van der Waals surface area contributed by atoms with E-state index in [1.54, 1.807) is 6.08 Å². The van der Waals surface area contributed by atoms with Gasteiger partial charge in [0.15, 0.2) is 0 Å². The zero-order valence-corrected chi connectivity index (χ0v) is 10.9. The molecular formula is C13H21NO4. The van der Waals surface area contributed by atoms with E-state index in [0.29, 0.717) is 19.3 Å². The van der Waals surface area contributed by atoms with Crippen LogP contribution in [0.4, 0.5) is 0 Å². The number of allylic oxidation sites excluding steroid dienone is 1.